The third-order valence-electron chi connectivity index (χ3n) is 5.10. The molecule has 138 valence electrons. The minimum Gasteiger partial charge on any atom is -0.320 e. The molecule has 0 saturated carbocycles. The van der Waals surface area contributed by atoms with Crippen LogP contribution in [0, 0.1) is 0 Å². The molecule has 0 spiro atoms. The van der Waals surface area contributed by atoms with Gasteiger partial charge in [0.2, 0.25) is 0 Å². The molecule has 1 fully saturated rings. The van der Waals surface area contributed by atoms with Gasteiger partial charge in [0.25, 0.3) is 0 Å². The molecule has 3 rings (SSSR count). The molecule has 0 unspecified atom stereocenters. The average Bonchev–Trinajstić information content (AvgIpc) is 3.24. The van der Waals surface area contributed by atoms with Crippen molar-refractivity contribution < 1.29 is 0 Å². The predicted molar refractivity (Wildman–Crippen MR) is 123 cm³/mol. The molecule has 3 heteroatoms. The lowest BCUT2D eigenvalue weighted by Gasteiger charge is -2.33. The zero-order chi connectivity index (χ0) is 19.0. The number of benzene rings is 2. The van der Waals surface area contributed by atoms with Gasteiger partial charge in [0.05, 0.1) is 0 Å². The second kappa shape index (κ2) is 9.96. The van der Waals surface area contributed by atoms with Crippen LogP contribution >= 0.6 is 11.8 Å². The minimum absolute atomic E-state index is 1.18. The summed E-state index contributed by atoms with van der Waals surface area (Å²) in [6.45, 7) is 15.0. The monoisotopic (exact) mass is 381 g/mol. The van der Waals surface area contributed by atoms with Gasteiger partial charge in [-0.05, 0) is 60.6 Å². The van der Waals surface area contributed by atoms with Gasteiger partial charge >= 0.3 is 0 Å². The van der Waals surface area contributed by atoms with E-state index in [1.807, 2.05) is 12.2 Å². The van der Waals surface area contributed by atoms with Crippen LogP contribution in [0.1, 0.15) is 24.0 Å². The van der Waals surface area contributed by atoms with Crippen molar-refractivity contribution in [2.45, 2.75) is 30.8 Å². The molecule has 1 nitrogen and oxygen atoms in total. The summed E-state index contributed by atoms with van der Waals surface area (Å²) < 4.78 is 2.72. The van der Waals surface area contributed by atoms with E-state index < -0.39 is 8.24 Å². The summed E-state index contributed by atoms with van der Waals surface area (Å²) >= 11 is 1.75. The van der Waals surface area contributed by atoms with E-state index in [9.17, 15) is 0 Å². The Morgan fingerprint density at radius 3 is 1.73 bits per heavy atom. The lowest BCUT2D eigenvalue weighted by atomic mass is 10.2. The van der Waals surface area contributed by atoms with Gasteiger partial charge < -0.3 is 4.57 Å². The van der Waals surface area contributed by atoms with Crippen LogP contribution in [0.2, 0.25) is 13.1 Å². The second-order valence-corrected chi connectivity index (χ2v) is 12.3. The Morgan fingerprint density at radius 2 is 1.31 bits per heavy atom. The van der Waals surface area contributed by atoms with Crippen LogP contribution in [0.5, 0.6) is 0 Å². The summed E-state index contributed by atoms with van der Waals surface area (Å²) in [7, 11) is -1.38. The predicted octanol–water partition coefficient (Wildman–Crippen LogP) is 5.89. The smallest absolute Gasteiger partial charge is 0.154 e. The molecule has 1 heterocycles. The van der Waals surface area contributed by atoms with E-state index in [-0.39, 0.29) is 0 Å². The van der Waals surface area contributed by atoms with Crippen LogP contribution in [-0.4, -0.2) is 32.1 Å². The first kappa shape index (κ1) is 20.8. The Balaban J connectivity index is 0.000000209. The van der Waals surface area contributed by atoms with Gasteiger partial charge in [-0.25, -0.2) is 0 Å². The first-order valence-electron chi connectivity index (χ1n) is 9.26. The van der Waals surface area contributed by atoms with E-state index in [1.54, 1.807) is 16.9 Å². The van der Waals surface area contributed by atoms with Crippen LogP contribution < -0.4 is 5.19 Å². The van der Waals surface area contributed by atoms with Crippen molar-refractivity contribution in [2.75, 3.05) is 19.3 Å². The van der Waals surface area contributed by atoms with E-state index >= 15 is 0 Å². The second-order valence-electron chi connectivity index (χ2n) is 7.06. The summed E-state index contributed by atoms with van der Waals surface area (Å²) in [6, 6.07) is 17.3. The topological polar surface area (TPSA) is 3.24 Å². The summed E-state index contributed by atoms with van der Waals surface area (Å²) in [4.78, 5) is 1.30. The maximum absolute atomic E-state index is 3.80. The maximum atomic E-state index is 3.80. The van der Waals surface area contributed by atoms with Gasteiger partial charge in [0, 0.05) is 4.90 Å². The van der Waals surface area contributed by atoms with Crippen molar-refractivity contribution in [2.24, 2.45) is 0 Å². The number of hydrogen-bond acceptors (Lipinski definition) is 2. The van der Waals surface area contributed by atoms with Crippen molar-refractivity contribution in [3.8, 4) is 0 Å². The van der Waals surface area contributed by atoms with Crippen molar-refractivity contribution >= 4 is 37.3 Å². The number of rotatable bonds is 5. The van der Waals surface area contributed by atoms with Crippen LogP contribution in [0.25, 0.3) is 12.2 Å². The quantitative estimate of drug-likeness (QED) is 0.469. The van der Waals surface area contributed by atoms with Crippen LogP contribution in [-0.2, 0) is 0 Å². The zero-order valence-corrected chi connectivity index (χ0v) is 18.2. The molecule has 1 aliphatic rings. The number of hydrogen-bond donors (Lipinski definition) is 0. The molecule has 2 aromatic rings. The Hall–Kier alpha value is -1.55. The molecule has 26 heavy (non-hydrogen) atoms. The first-order chi connectivity index (χ1) is 12.5. The molecular weight excluding hydrogens is 350 g/mol. The van der Waals surface area contributed by atoms with E-state index in [0.717, 1.165) is 0 Å². The summed E-state index contributed by atoms with van der Waals surface area (Å²) in [5.74, 6) is 0. The molecular formula is C23H31NSSi. The van der Waals surface area contributed by atoms with Crippen molar-refractivity contribution in [3.05, 3.63) is 72.8 Å². The van der Waals surface area contributed by atoms with Gasteiger partial charge in [-0.15, -0.1) is 11.8 Å². The standard InChI is InChI=1S/C14H21NSi.C9H10S/c1-4-13-7-9-14(10-8-13)16(2,3)15-11-5-6-12-15;1-3-8-4-6-9(10-2)7-5-8/h4,7-10H,1,5-6,11-12H2,2-3H3;3-7H,1H2,2H3. The summed E-state index contributed by atoms with van der Waals surface area (Å²) in [5.41, 5.74) is 2.40. The van der Waals surface area contributed by atoms with E-state index in [2.05, 4.69) is 85.6 Å². The van der Waals surface area contributed by atoms with Gasteiger partial charge in [0.1, 0.15) is 0 Å². The van der Waals surface area contributed by atoms with Crippen molar-refractivity contribution in [3.63, 3.8) is 0 Å². The van der Waals surface area contributed by atoms with Crippen LogP contribution in [0.4, 0.5) is 0 Å². The SMILES string of the molecule is C=Cc1ccc(SC)cc1.C=Cc1ccc([Si](C)(C)N2CCCC2)cc1. The lowest BCUT2D eigenvalue weighted by Crippen LogP contribution is -2.56. The highest BCUT2D eigenvalue weighted by molar-refractivity contribution is 7.98. The maximum Gasteiger partial charge on any atom is 0.154 e. The van der Waals surface area contributed by atoms with Crippen molar-refractivity contribution in [1.82, 2.24) is 4.57 Å². The molecule has 0 aliphatic carbocycles. The largest absolute Gasteiger partial charge is 0.320 e. The van der Waals surface area contributed by atoms with Gasteiger partial charge in [-0.1, -0.05) is 74.8 Å². The first-order valence-corrected chi connectivity index (χ1v) is 13.4. The Bertz CT molecular complexity index is 698. The highest BCUT2D eigenvalue weighted by Gasteiger charge is 2.32. The fourth-order valence-corrected chi connectivity index (χ4v) is 6.42. The molecule has 0 aromatic heterocycles. The average molecular weight is 382 g/mol. The Labute approximate surface area is 164 Å². The third-order valence-corrected chi connectivity index (χ3v) is 9.62. The normalized spacial score (nSPS) is 14.4. The number of thioether (sulfide) groups is 1. The molecule has 0 amide bonds. The molecule has 1 saturated heterocycles. The van der Waals surface area contributed by atoms with Crippen LogP contribution in [0.3, 0.4) is 0 Å². The van der Waals surface area contributed by atoms with Crippen LogP contribution in [0.15, 0.2) is 66.6 Å². The van der Waals surface area contributed by atoms with E-state index in [1.165, 1.54) is 42.0 Å². The third kappa shape index (κ3) is 5.47. The molecule has 2 aromatic carbocycles. The van der Waals surface area contributed by atoms with Gasteiger partial charge in [-0.3, -0.25) is 0 Å². The summed E-state index contributed by atoms with van der Waals surface area (Å²) in [6.07, 6.45) is 8.59. The lowest BCUT2D eigenvalue weighted by molar-refractivity contribution is 0.529. The molecule has 0 radical (unpaired) electrons. The number of nitrogens with zero attached hydrogens (tertiary/aromatic N) is 1. The zero-order valence-electron chi connectivity index (χ0n) is 16.4. The minimum atomic E-state index is -1.38. The van der Waals surface area contributed by atoms with E-state index in [0.29, 0.717) is 0 Å². The highest BCUT2D eigenvalue weighted by Crippen LogP contribution is 2.18. The molecule has 0 bridgehead atoms. The molecule has 0 atom stereocenters. The fraction of sp³-hybridized carbons (Fsp3) is 0.304. The highest BCUT2D eigenvalue weighted by atomic mass is 32.2. The van der Waals surface area contributed by atoms with E-state index in [4.69, 9.17) is 0 Å². The Morgan fingerprint density at radius 1 is 0.846 bits per heavy atom. The van der Waals surface area contributed by atoms with Gasteiger partial charge in [-0.2, -0.15) is 0 Å². The fourth-order valence-electron chi connectivity index (χ4n) is 3.23. The summed E-state index contributed by atoms with van der Waals surface area (Å²) in [5, 5.41) is 1.54. The molecule has 1 aliphatic heterocycles. The molecule has 0 N–H and O–H groups in total. The Kier molecular flexibility index (Phi) is 7.95. The van der Waals surface area contributed by atoms with Gasteiger partial charge in [0.15, 0.2) is 8.24 Å². The van der Waals surface area contributed by atoms with Crippen molar-refractivity contribution in [1.29, 1.82) is 0 Å².